The predicted molar refractivity (Wildman–Crippen MR) is 131 cm³/mol. The molecule has 1 aliphatic heterocycles. The highest BCUT2D eigenvalue weighted by atomic mass is 16.5. The van der Waals surface area contributed by atoms with E-state index >= 15 is 0 Å². The molecule has 2 aromatic carbocycles. The molecular weight excluding hydrogens is 412 g/mol. The van der Waals surface area contributed by atoms with Crippen LogP contribution in [0.5, 0.6) is 5.75 Å². The third-order valence-corrected chi connectivity index (χ3v) is 6.02. The van der Waals surface area contributed by atoms with Crippen molar-refractivity contribution in [1.29, 1.82) is 0 Å². The van der Waals surface area contributed by atoms with Crippen molar-refractivity contribution in [2.45, 2.75) is 27.0 Å². The van der Waals surface area contributed by atoms with Crippen LogP contribution in [0.3, 0.4) is 0 Å². The largest absolute Gasteiger partial charge is 0.487 e. The molecule has 172 valence electrons. The van der Waals surface area contributed by atoms with Crippen LogP contribution in [-0.4, -0.2) is 53.4 Å². The van der Waals surface area contributed by atoms with E-state index in [0.29, 0.717) is 13.2 Å². The molecule has 33 heavy (non-hydrogen) atoms. The Hall–Kier alpha value is -3.22. The molecule has 6 nitrogen and oxygen atoms in total. The van der Waals surface area contributed by atoms with Crippen LogP contribution in [0.2, 0.25) is 0 Å². The Balaban J connectivity index is 1.19. The molecule has 1 saturated heterocycles. The summed E-state index contributed by atoms with van der Waals surface area (Å²) in [5.74, 6) is 0.909. The fourth-order valence-electron chi connectivity index (χ4n) is 4.09. The van der Waals surface area contributed by atoms with Gasteiger partial charge in [0.15, 0.2) is 0 Å². The van der Waals surface area contributed by atoms with E-state index in [4.69, 9.17) is 4.74 Å². The first-order valence-corrected chi connectivity index (χ1v) is 11.5. The van der Waals surface area contributed by atoms with Crippen molar-refractivity contribution in [1.82, 2.24) is 14.8 Å². The number of carbonyl (C=O) groups is 1. The minimum atomic E-state index is 0.0575. The summed E-state index contributed by atoms with van der Waals surface area (Å²) in [5, 5.41) is 3.09. The van der Waals surface area contributed by atoms with Crippen molar-refractivity contribution in [3.63, 3.8) is 0 Å². The number of rotatable bonds is 8. The Morgan fingerprint density at radius 1 is 0.909 bits per heavy atom. The lowest BCUT2D eigenvalue weighted by atomic mass is 10.1. The van der Waals surface area contributed by atoms with Crippen molar-refractivity contribution in [3.05, 3.63) is 89.2 Å². The molecule has 0 saturated carbocycles. The second-order valence-electron chi connectivity index (χ2n) is 8.62. The monoisotopic (exact) mass is 444 g/mol. The number of aryl methyl sites for hydroxylation is 2. The van der Waals surface area contributed by atoms with Crippen LogP contribution in [0.1, 0.15) is 22.4 Å². The summed E-state index contributed by atoms with van der Waals surface area (Å²) in [4.78, 5) is 21.5. The number of hydrogen-bond acceptors (Lipinski definition) is 5. The first kappa shape index (κ1) is 23.0. The molecule has 1 amide bonds. The van der Waals surface area contributed by atoms with Gasteiger partial charge in [-0.2, -0.15) is 0 Å². The van der Waals surface area contributed by atoms with Crippen LogP contribution in [0.4, 0.5) is 5.69 Å². The number of nitrogens with zero attached hydrogens (tertiary/aromatic N) is 3. The van der Waals surface area contributed by atoms with Crippen molar-refractivity contribution in [2.24, 2.45) is 0 Å². The van der Waals surface area contributed by atoms with Crippen molar-refractivity contribution >= 4 is 11.6 Å². The van der Waals surface area contributed by atoms with Gasteiger partial charge in [0.25, 0.3) is 0 Å². The number of para-hydroxylation sites is 1. The minimum Gasteiger partial charge on any atom is -0.487 e. The normalized spacial score (nSPS) is 14.7. The first-order valence-electron chi connectivity index (χ1n) is 11.5. The number of benzene rings is 2. The van der Waals surface area contributed by atoms with Gasteiger partial charge in [0.2, 0.25) is 5.91 Å². The number of carbonyl (C=O) groups excluding carboxylic acids is 1. The summed E-state index contributed by atoms with van der Waals surface area (Å²) in [5.41, 5.74) is 5.32. The van der Waals surface area contributed by atoms with Crippen molar-refractivity contribution < 1.29 is 9.53 Å². The summed E-state index contributed by atoms with van der Waals surface area (Å²) < 4.78 is 5.82. The average molecular weight is 445 g/mol. The summed E-state index contributed by atoms with van der Waals surface area (Å²) in [6, 6.07) is 20.2. The predicted octanol–water partition coefficient (Wildman–Crippen LogP) is 4.03. The lowest BCUT2D eigenvalue weighted by Gasteiger charge is -2.34. The average Bonchev–Trinajstić information content (AvgIpc) is 2.83. The third kappa shape index (κ3) is 6.63. The maximum atomic E-state index is 12.6. The van der Waals surface area contributed by atoms with Crippen LogP contribution < -0.4 is 10.1 Å². The van der Waals surface area contributed by atoms with Gasteiger partial charge in [-0.25, -0.2) is 0 Å². The van der Waals surface area contributed by atoms with Gasteiger partial charge in [-0.15, -0.1) is 0 Å². The SMILES string of the molecule is Cc1cccc(C)c1NC(=O)CN1CCN(Cc2ccc(OCc3ccccn3)cc2)CC1. The zero-order valence-corrected chi connectivity index (χ0v) is 19.5. The number of nitrogens with one attached hydrogen (secondary N) is 1. The lowest BCUT2D eigenvalue weighted by molar-refractivity contribution is -0.117. The Bertz CT molecular complexity index is 1030. The van der Waals surface area contributed by atoms with Gasteiger partial charge in [0, 0.05) is 44.6 Å². The smallest absolute Gasteiger partial charge is 0.238 e. The molecule has 0 bridgehead atoms. The van der Waals surface area contributed by atoms with Crippen molar-refractivity contribution in [2.75, 3.05) is 38.0 Å². The molecule has 6 heteroatoms. The van der Waals surface area contributed by atoms with Gasteiger partial charge in [0.05, 0.1) is 12.2 Å². The number of anilines is 1. The topological polar surface area (TPSA) is 57.7 Å². The molecule has 2 heterocycles. The number of ether oxygens (including phenoxy) is 1. The molecule has 1 aromatic heterocycles. The van der Waals surface area contributed by atoms with Crippen LogP contribution in [0.25, 0.3) is 0 Å². The highest BCUT2D eigenvalue weighted by Crippen LogP contribution is 2.20. The van der Waals surface area contributed by atoms with Crippen LogP contribution in [0, 0.1) is 13.8 Å². The van der Waals surface area contributed by atoms with Gasteiger partial charge in [0.1, 0.15) is 12.4 Å². The Labute approximate surface area is 196 Å². The van der Waals surface area contributed by atoms with Gasteiger partial charge < -0.3 is 10.1 Å². The Morgan fingerprint density at radius 2 is 1.61 bits per heavy atom. The second-order valence-corrected chi connectivity index (χ2v) is 8.62. The van der Waals surface area contributed by atoms with Crippen molar-refractivity contribution in [3.8, 4) is 5.75 Å². The van der Waals surface area contributed by atoms with Crippen LogP contribution >= 0.6 is 0 Å². The molecule has 1 fully saturated rings. The van der Waals surface area contributed by atoms with E-state index in [9.17, 15) is 4.79 Å². The summed E-state index contributed by atoms with van der Waals surface area (Å²) in [6.07, 6.45) is 1.78. The second kappa shape index (κ2) is 11.1. The van der Waals surface area contributed by atoms with E-state index in [2.05, 4.69) is 32.2 Å². The maximum Gasteiger partial charge on any atom is 0.238 e. The molecule has 3 aromatic rings. The molecule has 1 aliphatic rings. The number of pyridine rings is 1. The van der Waals surface area contributed by atoms with Gasteiger partial charge >= 0.3 is 0 Å². The Morgan fingerprint density at radius 3 is 2.27 bits per heavy atom. The maximum absolute atomic E-state index is 12.6. The van der Waals surface area contributed by atoms with E-state index in [1.54, 1.807) is 6.20 Å². The molecule has 1 N–H and O–H groups in total. The molecule has 4 rings (SSSR count). The van der Waals surface area contributed by atoms with Gasteiger partial charge in [-0.3, -0.25) is 19.6 Å². The molecule has 0 aliphatic carbocycles. The van der Waals surface area contributed by atoms with Gasteiger partial charge in [-0.1, -0.05) is 36.4 Å². The van der Waals surface area contributed by atoms with E-state index < -0.39 is 0 Å². The summed E-state index contributed by atoms with van der Waals surface area (Å²) >= 11 is 0. The molecule has 0 radical (unpaired) electrons. The zero-order valence-electron chi connectivity index (χ0n) is 19.5. The molecule has 0 atom stereocenters. The molecule has 0 unspecified atom stereocenters. The van der Waals surface area contributed by atoms with E-state index in [1.807, 2.05) is 62.4 Å². The standard InChI is InChI=1S/C27H32N4O2/c1-21-6-5-7-22(2)27(21)29-26(32)19-31-16-14-30(15-17-31)18-23-9-11-25(12-10-23)33-20-24-8-3-4-13-28-24/h3-13H,14-20H2,1-2H3,(H,29,32). The number of hydrogen-bond donors (Lipinski definition) is 1. The fraction of sp³-hybridized carbons (Fsp3) is 0.333. The van der Waals surface area contributed by atoms with Crippen LogP contribution in [-0.2, 0) is 17.9 Å². The van der Waals surface area contributed by atoms with E-state index in [1.165, 1.54) is 5.56 Å². The Kier molecular flexibility index (Phi) is 7.70. The van der Waals surface area contributed by atoms with E-state index in [0.717, 1.165) is 61.0 Å². The minimum absolute atomic E-state index is 0.0575. The zero-order chi connectivity index (χ0) is 23.0. The number of amides is 1. The number of aromatic nitrogens is 1. The third-order valence-electron chi connectivity index (χ3n) is 6.02. The van der Waals surface area contributed by atoms with Gasteiger partial charge in [-0.05, 0) is 54.8 Å². The molecular formula is C27H32N4O2. The highest BCUT2D eigenvalue weighted by molar-refractivity contribution is 5.93. The summed E-state index contributed by atoms with van der Waals surface area (Å²) in [6.45, 7) is 9.56. The fourth-order valence-corrected chi connectivity index (χ4v) is 4.09. The molecule has 0 spiro atoms. The quantitative estimate of drug-likeness (QED) is 0.568. The summed E-state index contributed by atoms with van der Waals surface area (Å²) in [7, 11) is 0. The first-order chi connectivity index (χ1) is 16.1. The lowest BCUT2D eigenvalue weighted by Crippen LogP contribution is -2.48. The highest BCUT2D eigenvalue weighted by Gasteiger charge is 2.19. The number of piperazine rings is 1. The van der Waals surface area contributed by atoms with Crippen LogP contribution in [0.15, 0.2) is 66.9 Å². The van der Waals surface area contributed by atoms with E-state index in [-0.39, 0.29) is 5.91 Å².